The predicted octanol–water partition coefficient (Wildman–Crippen LogP) is 3.84. The summed E-state index contributed by atoms with van der Waals surface area (Å²) in [7, 11) is 0. The summed E-state index contributed by atoms with van der Waals surface area (Å²) in [6.07, 6.45) is 0. The fourth-order valence-corrected chi connectivity index (χ4v) is 2.90. The van der Waals surface area contributed by atoms with Crippen molar-refractivity contribution >= 4 is 39.7 Å². The summed E-state index contributed by atoms with van der Waals surface area (Å²) in [4.78, 5) is 7.78. The number of nitrogens with one attached hydrogen (secondary N) is 1. The first-order valence-corrected chi connectivity index (χ1v) is 6.45. The Balaban J connectivity index is 2.27. The van der Waals surface area contributed by atoms with Crippen LogP contribution < -0.4 is 5.73 Å². The summed E-state index contributed by atoms with van der Waals surface area (Å²) < 4.78 is 0. The normalized spacial score (nSPS) is 11.2. The van der Waals surface area contributed by atoms with Crippen molar-refractivity contribution in [3.63, 3.8) is 0 Å². The van der Waals surface area contributed by atoms with Crippen LogP contribution >= 0.6 is 22.9 Å². The van der Waals surface area contributed by atoms with Crippen molar-refractivity contribution < 1.29 is 0 Å². The molecule has 0 saturated carbocycles. The van der Waals surface area contributed by atoms with Crippen molar-refractivity contribution in [2.24, 2.45) is 0 Å². The standard InChI is InChI=1S/C12H10ClN3S/c1-6-4-17-5-8(6)12-15-10-3-7(13)2-9(14)11(10)16-12/h2-5H,14H2,1H3,(H,15,16). The first-order chi connectivity index (χ1) is 8.15. The number of aromatic amines is 1. The molecule has 0 amide bonds. The molecule has 0 radical (unpaired) electrons. The molecular weight excluding hydrogens is 254 g/mol. The molecule has 0 bridgehead atoms. The van der Waals surface area contributed by atoms with Crippen LogP contribution in [0, 0.1) is 6.92 Å². The quantitative estimate of drug-likeness (QED) is 0.656. The second kappa shape index (κ2) is 3.75. The SMILES string of the molecule is Cc1cscc1-c1nc2c(N)cc(Cl)cc2[nH]1. The number of H-pyrrole nitrogens is 1. The van der Waals surface area contributed by atoms with E-state index < -0.39 is 0 Å². The molecule has 3 rings (SSSR count). The minimum absolute atomic E-state index is 0.600. The van der Waals surface area contributed by atoms with Crippen LogP contribution in [0.5, 0.6) is 0 Å². The van der Waals surface area contributed by atoms with E-state index >= 15 is 0 Å². The number of imidazole rings is 1. The molecule has 3 aromatic rings. The fourth-order valence-electron chi connectivity index (χ4n) is 1.84. The lowest BCUT2D eigenvalue weighted by Crippen LogP contribution is -1.86. The Morgan fingerprint density at radius 2 is 2.18 bits per heavy atom. The Hall–Kier alpha value is -1.52. The third kappa shape index (κ3) is 1.69. The summed E-state index contributed by atoms with van der Waals surface area (Å²) in [6.45, 7) is 2.06. The molecule has 0 aliphatic carbocycles. The van der Waals surface area contributed by atoms with Gasteiger partial charge in [0.2, 0.25) is 0 Å². The van der Waals surface area contributed by atoms with Gasteiger partial charge < -0.3 is 10.7 Å². The number of benzene rings is 1. The molecule has 0 unspecified atom stereocenters. The van der Waals surface area contributed by atoms with E-state index in [9.17, 15) is 0 Å². The number of hydrogen-bond acceptors (Lipinski definition) is 3. The highest BCUT2D eigenvalue weighted by Gasteiger charge is 2.10. The average molecular weight is 264 g/mol. The van der Waals surface area contributed by atoms with Crippen LogP contribution in [-0.4, -0.2) is 9.97 Å². The first-order valence-electron chi connectivity index (χ1n) is 5.13. The maximum absolute atomic E-state index is 5.96. The van der Waals surface area contributed by atoms with Crippen molar-refractivity contribution in [1.82, 2.24) is 9.97 Å². The van der Waals surface area contributed by atoms with E-state index in [0.29, 0.717) is 10.7 Å². The third-order valence-electron chi connectivity index (χ3n) is 2.69. The summed E-state index contributed by atoms with van der Waals surface area (Å²) in [5, 5.41) is 4.79. The van der Waals surface area contributed by atoms with E-state index in [4.69, 9.17) is 17.3 Å². The number of anilines is 1. The molecule has 1 aromatic carbocycles. The molecule has 3 N–H and O–H groups in total. The molecule has 0 fully saturated rings. The first kappa shape index (κ1) is 10.6. The molecule has 5 heteroatoms. The molecule has 3 nitrogen and oxygen atoms in total. The van der Waals surface area contributed by atoms with Gasteiger partial charge in [-0.3, -0.25) is 0 Å². The van der Waals surface area contributed by atoms with Gasteiger partial charge in [0, 0.05) is 16.0 Å². The van der Waals surface area contributed by atoms with Crippen LogP contribution in [0.25, 0.3) is 22.4 Å². The number of thiophene rings is 1. The summed E-state index contributed by atoms with van der Waals surface area (Å²) in [5.74, 6) is 0.840. The number of fused-ring (bicyclic) bond motifs is 1. The zero-order valence-electron chi connectivity index (χ0n) is 9.12. The maximum atomic E-state index is 5.96. The Morgan fingerprint density at radius 3 is 2.88 bits per heavy atom. The predicted molar refractivity (Wildman–Crippen MR) is 73.6 cm³/mol. The van der Waals surface area contributed by atoms with Gasteiger partial charge in [0.15, 0.2) is 0 Å². The number of hydrogen-bond donors (Lipinski definition) is 2. The van der Waals surface area contributed by atoms with Crippen LogP contribution in [0.1, 0.15) is 5.56 Å². The van der Waals surface area contributed by atoms with Gasteiger partial charge in [-0.2, -0.15) is 11.3 Å². The lowest BCUT2D eigenvalue weighted by molar-refractivity contribution is 1.33. The van der Waals surface area contributed by atoms with E-state index in [1.165, 1.54) is 5.56 Å². The maximum Gasteiger partial charge on any atom is 0.139 e. The van der Waals surface area contributed by atoms with Crippen LogP contribution in [0.4, 0.5) is 5.69 Å². The number of halogens is 1. The molecule has 17 heavy (non-hydrogen) atoms. The number of aromatic nitrogens is 2. The van der Waals surface area contributed by atoms with Crippen LogP contribution in [0.2, 0.25) is 5.02 Å². The van der Waals surface area contributed by atoms with Gasteiger partial charge in [0.1, 0.15) is 11.3 Å². The molecule has 2 aromatic heterocycles. The van der Waals surface area contributed by atoms with E-state index in [1.54, 1.807) is 17.4 Å². The van der Waals surface area contributed by atoms with Crippen LogP contribution in [-0.2, 0) is 0 Å². The van der Waals surface area contributed by atoms with E-state index in [-0.39, 0.29) is 0 Å². The highest BCUT2D eigenvalue weighted by Crippen LogP contribution is 2.30. The van der Waals surface area contributed by atoms with E-state index in [2.05, 4.69) is 27.7 Å². The molecule has 0 aliphatic rings. The average Bonchev–Trinajstić information content (AvgIpc) is 2.83. The van der Waals surface area contributed by atoms with Crippen LogP contribution in [0.3, 0.4) is 0 Å². The number of aryl methyl sites for hydroxylation is 1. The van der Waals surface area contributed by atoms with Gasteiger partial charge in [0.25, 0.3) is 0 Å². The molecule has 2 heterocycles. The molecule has 86 valence electrons. The number of nitrogens with zero attached hydrogens (tertiary/aromatic N) is 1. The Labute approximate surface area is 107 Å². The highest BCUT2D eigenvalue weighted by atomic mass is 35.5. The largest absolute Gasteiger partial charge is 0.397 e. The monoisotopic (exact) mass is 263 g/mol. The fraction of sp³-hybridized carbons (Fsp3) is 0.0833. The number of rotatable bonds is 1. The minimum atomic E-state index is 0.600. The molecule has 0 spiro atoms. The van der Waals surface area contributed by atoms with Gasteiger partial charge in [-0.05, 0) is 30.0 Å². The Bertz CT molecular complexity index is 699. The second-order valence-corrected chi connectivity index (χ2v) is 5.13. The van der Waals surface area contributed by atoms with Crippen molar-refractivity contribution in [1.29, 1.82) is 0 Å². The molecule has 0 saturated heterocycles. The second-order valence-electron chi connectivity index (χ2n) is 3.95. The van der Waals surface area contributed by atoms with Crippen molar-refractivity contribution in [3.8, 4) is 11.4 Å². The lowest BCUT2D eigenvalue weighted by atomic mass is 10.2. The van der Waals surface area contributed by atoms with Gasteiger partial charge in [-0.25, -0.2) is 4.98 Å². The number of nitrogens with two attached hydrogens (primary N) is 1. The topological polar surface area (TPSA) is 54.7 Å². The van der Waals surface area contributed by atoms with Crippen molar-refractivity contribution in [2.45, 2.75) is 6.92 Å². The zero-order valence-corrected chi connectivity index (χ0v) is 10.7. The zero-order chi connectivity index (χ0) is 12.0. The Morgan fingerprint density at radius 1 is 1.35 bits per heavy atom. The van der Waals surface area contributed by atoms with E-state index in [0.717, 1.165) is 22.4 Å². The third-order valence-corrected chi connectivity index (χ3v) is 3.77. The number of nitrogen functional groups attached to an aromatic ring is 1. The summed E-state index contributed by atoms with van der Waals surface area (Å²) in [6, 6.07) is 3.56. The highest BCUT2D eigenvalue weighted by molar-refractivity contribution is 7.08. The molecule has 0 aliphatic heterocycles. The summed E-state index contributed by atoms with van der Waals surface area (Å²) in [5.41, 5.74) is 10.5. The van der Waals surface area contributed by atoms with Gasteiger partial charge >= 0.3 is 0 Å². The lowest BCUT2D eigenvalue weighted by Gasteiger charge is -1.94. The molecular formula is C12H10ClN3S. The van der Waals surface area contributed by atoms with Gasteiger partial charge in [-0.1, -0.05) is 11.6 Å². The van der Waals surface area contributed by atoms with E-state index in [1.807, 2.05) is 6.07 Å². The van der Waals surface area contributed by atoms with Crippen LogP contribution in [0.15, 0.2) is 22.9 Å². The van der Waals surface area contributed by atoms with Crippen molar-refractivity contribution in [3.05, 3.63) is 33.5 Å². The Kier molecular flexibility index (Phi) is 2.34. The van der Waals surface area contributed by atoms with Gasteiger partial charge in [-0.15, -0.1) is 0 Å². The molecule has 0 atom stereocenters. The minimum Gasteiger partial charge on any atom is -0.397 e. The summed E-state index contributed by atoms with van der Waals surface area (Å²) >= 11 is 7.62. The van der Waals surface area contributed by atoms with Crippen molar-refractivity contribution in [2.75, 3.05) is 5.73 Å². The smallest absolute Gasteiger partial charge is 0.139 e. The van der Waals surface area contributed by atoms with Gasteiger partial charge in [0.05, 0.1) is 11.2 Å².